The third-order valence-electron chi connectivity index (χ3n) is 2.61. The van der Waals surface area contributed by atoms with Crippen LogP contribution >= 0.6 is 15.9 Å². The minimum absolute atomic E-state index is 0.135. The Morgan fingerprint density at radius 2 is 2.12 bits per heavy atom. The van der Waals surface area contributed by atoms with E-state index in [0.717, 1.165) is 10.0 Å². The van der Waals surface area contributed by atoms with Gasteiger partial charge in [0, 0.05) is 11.0 Å². The van der Waals surface area contributed by atoms with Gasteiger partial charge < -0.3 is 10.4 Å². The standard InChI is InChI=1S/C13H18BrNO2/c1-8(2)12(16)7-15-13(17)10-6-9(3)4-5-11(10)14/h4-6,8,12,16H,7H2,1-3H3,(H,15,17). The van der Waals surface area contributed by atoms with Crippen molar-refractivity contribution >= 4 is 21.8 Å². The SMILES string of the molecule is Cc1ccc(Br)c(C(=O)NCC(O)C(C)C)c1. The molecule has 1 rings (SSSR count). The fraction of sp³-hybridized carbons (Fsp3) is 0.462. The predicted molar refractivity (Wildman–Crippen MR) is 72.1 cm³/mol. The van der Waals surface area contributed by atoms with Gasteiger partial charge in [0.25, 0.3) is 5.91 Å². The number of nitrogens with one attached hydrogen (secondary N) is 1. The number of aryl methyl sites for hydroxylation is 1. The number of hydrogen-bond acceptors (Lipinski definition) is 2. The van der Waals surface area contributed by atoms with Gasteiger partial charge in [-0.2, -0.15) is 0 Å². The second kappa shape index (κ2) is 6.17. The first-order valence-electron chi connectivity index (χ1n) is 5.64. The third-order valence-corrected chi connectivity index (χ3v) is 3.30. The van der Waals surface area contributed by atoms with E-state index in [0.29, 0.717) is 5.56 Å². The molecule has 0 radical (unpaired) electrons. The van der Waals surface area contributed by atoms with Crippen molar-refractivity contribution < 1.29 is 9.90 Å². The molecule has 1 unspecified atom stereocenters. The molecular formula is C13H18BrNO2. The van der Waals surface area contributed by atoms with E-state index in [1.54, 1.807) is 0 Å². The number of amides is 1. The zero-order valence-electron chi connectivity index (χ0n) is 10.3. The first kappa shape index (κ1) is 14.2. The first-order valence-corrected chi connectivity index (χ1v) is 6.43. The summed E-state index contributed by atoms with van der Waals surface area (Å²) in [4.78, 5) is 11.9. The van der Waals surface area contributed by atoms with E-state index in [1.165, 1.54) is 0 Å². The van der Waals surface area contributed by atoms with Crippen LogP contribution in [-0.2, 0) is 0 Å². The lowest BCUT2D eigenvalue weighted by atomic mass is 10.1. The Kier molecular flexibility index (Phi) is 5.15. The topological polar surface area (TPSA) is 49.3 Å². The number of rotatable bonds is 4. The second-order valence-corrected chi connectivity index (χ2v) is 5.36. The fourth-order valence-electron chi connectivity index (χ4n) is 1.34. The quantitative estimate of drug-likeness (QED) is 0.897. The second-order valence-electron chi connectivity index (χ2n) is 4.50. The maximum atomic E-state index is 11.9. The highest BCUT2D eigenvalue weighted by molar-refractivity contribution is 9.10. The maximum Gasteiger partial charge on any atom is 0.252 e. The Bertz CT molecular complexity index is 404. The summed E-state index contributed by atoms with van der Waals surface area (Å²) in [6.07, 6.45) is -0.512. The molecule has 0 fully saturated rings. The molecule has 3 nitrogen and oxygen atoms in total. The van der Waals surface area contributed by atoms with Crippen LogP contribution in [0.4, 0.5) is 0 Å². The summed E-state index contributed by atoms with van der Waals surface area (Å²) in [6, 6.07) is 5.61. The summed E-state index contributed by atoms with van der Waals surface area (Å²) in [5.74, 6) is -0.0310. The van der Waals surface area contributed by atoms with Crippen molar-refractivity contribution in [3.05, 3.63) is 33.8 Å². The highest BCUT2D eigenvalue weighted by atomic mass is 79.9. The van der Waals surface area contributed by atoms with Crippen LogP contribution in [0.3, 0.4) is 0 Å². The molecule has 0 bridgehead atoms. The maximum absolute atomic E-state index is 11.9. The molecule has 2 N–H and O–H groups in total. The third kappa shape index (κ3) is 4.13. The van der Waals surface area contributed by atoms with Gasteiger partial charge in [-0.25, -0.2) is 0 Å². The van der Waals surface area contributed by atoms with E-state index in [9.17, 15) is 9.90 Å². The van der Waals surface area contributed by atoms with Gasteiger partial charge in [0.15, 0.2) is 0 Å². The van der Waals surface area contributed by atoms with Gasteiger partial charge in [-0.1, -0.05) is 25.5 Å². The minimum Gasteiger partial charge on any atom is -0.391 e. The van der Waals surface area contributed by atoms with Crippen LogP contribution in [0.5, 0.6) is 0 Å². The monoisotopic (exact) mass is 299 g/mol. The van der Waals surface area contributed by atoms with Crippen LogP contribution in [-0.4, -0.2) is 23.7 Å². The molecular weight excluding hydrogens is 282 g/mol. The Balaban J connectivity index is 2.67. The summed E-state index contributed by atoms with van der Waals surface area (Å²) in [5.41, 5.74) is 1.63. The number of benzene rings is 1. The molecule has 0 aliphatic heterocycles. The Morgan fingerprint density at radius 3 is 2.71 bits per heavy atom. The van der Waals surface area contributed by atoms with Gasteiger partial charge in [-0.05, 0) is 40.9 Å². The molecule has 0 saturated carbocycles. The molecule has 0 heterocycles. The van der Waals surface area contributed by atoms with Crippen molar-refractivity contribution in [2.24, 2.45) is 5.92 Å². The van der Waals surface area contributed by atoms with E-state index in [2.05, 4.69) is 21.2 Å². The lowest BCUT2D eigenvalue weighted by molar-refractivity contribution is 0.0871. The number of carbonyl (C=O) groups is 1. The number of carbonyl (C=O) groups excluding carboxylic acids is 1. The van der Waals surface area contributed by atoms with Gasteiger partial charge >= 0.3 is 0 Å². The Morgan fingerprint density at radius 1 is 1.47 bits per heavy atom. The molecule has 4 heteroatoms. The average molecular weight is 300 g/mol. The molecule has 1 amide bonds. The van der Waals surface area contributed by atoms with Crippen molar-refractivity contribution in [2.45, 2.75) is 26.9 Å². The highest BCUT2D eigenvalue weighted by Gasteiger charge is 2.13. The highest BCUT2D eigenvalue weighted by Crippen LogP contribution is 2.17. The van der Waals surface area contributed by atoms with Gasteiger partial charge in [-0.3, -0.25) is 4.79 Å². The fourth-order valence-corrected chi connectivity index (χ4v) is 1.77. The summed E-state index contributed by atoms with van der Waals surface area (Å²) in [5, 5.41) is 12.3. The van der Waals surface area contributed by atoms with E-state index < -0.39 is 6.10 Å². The van der Waals surface area contributed by atoms with Crippen molar-refractivity contribution in [1.82, 2.24) is 5.32 Å². The Hall–Kier alpha value is -0.870. The van der Waals surface area contributed by atoms with E-state index in [-0.39, 0.29) is 18.4 Å². The number of halogens is 1. The lowest BCUT2D eigenvalue weighted by Crippen LogP contribution is -2.34. The van der Waals surface area contributed by atoms with E-state index in [4.69, 9.17) is 0 Å². The minimum atomic E-state index is -0.512. The first-order chi connectivity index (χ1) is 7.91. The molecule has 0 aromatic heterocycles. The zero-order valence-corrected chi connectivity index (χ0v) is 11.9. The number of hydrogen-bond donors (Lipinski definition) is 2. The smallest absolute Gasteiger partial charge is 0.252 e. The molecule has 0 saturated heterocycles. The predicted octanol–water partition coefficient (Wildman–Crippen LogP) is 2.50. The summed E-state index contributed by atoms with van der Waals surface area (Å²) in [6.45, 7) is 6.04. The number of aliphatic hydroxyl groups excluding tert-OH is 1. The summed E-state index contributed by atoms with van der Waals surface area (Å²) in [7, 11) is 0. The number of aliphatic hydroxyl groups is 1. The van der Waals surface area contributed by atoms with Crippen molar-refractivity contribution in [2.75, 3.05) is 6.54 Å². The lowest BCUT2D eigenvalue weighted by Gasteiger charge is -2.15. The summed E-state index contributed by atoms with van der Waals surface area (Å²) >= 11 is 3.34. The molecule has 0 aliphatic rings. The summed E-state index contributed by atoms with van der Waals surface area (Å²) < 4.78 is 0.764. The van der Waals surface area contributed by atoms with Crippen LogP contribution in [0.15, 0.2) is 22.7 Å². The average Bonchev–Trinajstić information content (AvgIpc) is 2.28. The molecule has 1 atom stereocenters. The van der Waals surface area contributed by atoms with Crippen LogP contribution < -0.4 is 5.32 Å². The molecule has 0 aliphatic carbocycles. The van der Waals surface area contributed by atoms with Crippen LogP contribution in [0.1, 0.15) is 29.8 Å². The molecule has 1 aromatic rings. The molecule has 0 spiro atoms. The van der Waals surface area contributed by atoms with E-state index >= 15 is 0 Å². The Labute approximate surface area is 110 Å². The van der Waals surface area contributed by atoms with Crippen molar-refractivity contribution in [1.29, 1.82) is 0 Å². The normalized spacial score (nSPS) is 12.6. The zero-order chi connectivity index (χ0) is 13.0. The van der Waals surface area contributed by atoms with Crippen LogP contribution in [0, 0.1) is 12.8 Å². The van der Waals surface area contributed by atoms with Gasteiger partial charge in [0.2, 0.25) is 0 Å². The van der Waals surface area contributed by atoms with Crippen LogP contribution in [0.25, 0.3) is 0 Å². The van der Waals surface area contributed by atoms with E-state index in [1.807, 2.05) is 39.0 Å². The molecule has 1 aromatic carbocycles. The molecule has 94 valence electrons. The van der Waals surface area contributed by atoms with Crippen molar-refractivity contribution in [3.8, 4) is 0 Å². The molecule has 17 heavy (non-hydrogen) atoms. The van der Waals surface area contributed by atoms with Gasteiger partial charge in [0.05, 0.1) is 11.7 Å². The largest absolute Gasteiger partial charge is 0.391 e. The van der Waals surface area contributed by atoms with Gasteiger partial charge in [0.1, 0.15) is 0 Å². The van der Waals surface area contributed by atoms with Gasteiger partial charge in [-0.15, -0.1) is 0 Å². The van der Waals surface area contributed by atoms with Crippen molar-refractivity contribution in [3.63, 3.8) is 0 Å². The van der Waals surface area contributed by atoms with Crippen LogP contribution in [0.2, 0.25) is 0 Å².